The fourth-order valence-corrected chi connectivity index (χ4v) is 5.06. The highest BCUT2D eigenvalue weighted by Crippen LogP contribution is 2.40. The normalized spacial score (nSPS) is 12.6. The Morgan fingerprint density at radius 3 is 2.91 bits per heavy atom. The fourth-order valence-electron chi connectivity index (χ4n) is 3.66. The van der Waals surface area contributed by atoms with Gasteiger partial charge in [0.05, 0.1) is 35.8 Å². The number of hydrogen-bond donors (Lipinski definition) is 1. The first-order valence-electron chi connectivity index (χ1n) is 10.4. The van der Waals surface area contributed by atoms with Crippen LogP contribution in [-0.4, -0.2) is 32.6 Å². The number of rotatable bonds is 6. The first-order valence-corrected chi connectivity index (χ1v) is 11.6. The van der Waals surface area contributed by atoms with E-state index in [9.17, 15) is 4.79 Å². The van der Waals surface area contributed by atoms with Gasteiger partial charge in [0.25, 0.3) is 0 Å². The summed E-state index contributed by atoms with van der Waals surface area (Å²) in [4.78, 5) is 28.9. The van der Waals surface area contributed by atoms with E-state index in [4.69, 9.17) is 21.1 Å². The minimum absolute atomic E-state index is 0.312. The van der Waals surface area contributed by atoms with Gasteiger partial charge in [-0.3, -0.25) is 9.88 Å². The number of amides is 1. The fraction of sp³-hybridized carbons (Fsp3) is 0.217. The topological polar surface area (TPSA) is 89.5 Å². The molecular formula is C23H20ClN5O3S. The Labute approximate surface area is 199 Å². The van der Waals surface area contributed by atoms with Crippen LogP contribution >= 0.6 is 22.9 Å². The quantitative estimate of drug-likeness (QED) is 0.387. The number of ether oxygens (including phenoxy) is 2. The third kappa shape index (κ3) is 4.42. The molecule has 33 heavy (non-hydrogen) atoms. The highest BCUT2D eigenvalue weighted by Gasteiger charge is 2.30. The van der Waals surface area contributed by atoms with Crippen LogP contribution in [0.2, 0.25) is 5.02 Å². The van der Waals surface area contributed by atoms with Crippen LogP contribution in [0.1, 0.15) is 23.1 Å². The van der Waals surface area contributed by atoms with Crippen molar-refractivity contribution in [1.82, 2.24) is 19.9 Å². The van der Waals surface area contributed by atoms with E-state index < -0.39 is 0 Å². The molecule has 1 aliphatic rings. The third-order valence-electron chi connectivity index (χ3n) is 5.18. The highest BCUT2D eigenvalue weighted by molar-refractivity contribution is 7.19. The molecule has 0 bridgehead atoms. The number of halogens is 1. The maximum atomic E-state index is 12.2. The molecule has 168 valence electrons. The van der Waals surface area contributed by atoms with Crippen molar-refractivity contribution < 1.29 is 14.3 Å². The Bertz CT molecular complexity index is 1310. The lowest BCUT2D eigenvalue weighted by Crippen LogP contribution is -2.26. The van der Waals surface area contributed by atoms with Gasteiger partial charge in [-0.25, -0.2) is 14.8 Å². The summed E-state index contributed by atoms with van der Waals surface area (Å²) in [7, 11) is 0. The SMILES string of the molecule is CCOC(=O)N1Cc2sc3ncnc(Nc4ccc(OCc5ccccn5)c(Cl)c4)c3c2C1. The Kier molecular flexibility index (Phi) is 5.97. The van der Waals surface area contributed by atoms with E-state index in [0.717, 1.165) is 32.0 Å². The van der Waals surface area contributed by atoms with E-state index in [1.807, 2.05) is 30.3 Å². The van der Waals surface area contributed by atoms with Crippen molar-refractivity contribution in [3.8, 4) is 5.75 Å². The second kappa shape index (κ2) is 9.21. The van der Waals surface area contributed by atoms with E-state index in [-0.39, 0.29) is 6.09 Å². The van der Waals surface area contributed by atoms with Gasteiger partial charge in [-0.2, -0.15) is 0 Å². The van der Waals surface area contributed by atoms with Gasteiger partial charge in [0.2, 0.25) is 0 Å². The van der Waals surface area contributed by atoms with Gasteiger partial charge < -0.3 is 14.8 Å². The number of nitrogens with one attached hydrogen (secondary N) is 1. The van der Waals surface area contributed by atoms with Crippen LogP contribution in [0.3, 0.4) is 0 Å². The average molecular weight is 482 g/mol. The predicted molar refractivity (Wildman–Crippen MR) is 127 cm³/mol. The van der Waals surface area contributed by atoms with E-state index in [1.54, 1.807) is 35.4 Å². The van der Waals surface area contributed by atoms with Crippen molar-refractivity contribution in [2.45, 2.75) is 26.6 Å². The molecule has 4 aromatic rings. The second-order valence-electron chi connectivity index (χ2n) is 7.34. The average Bonchev–Trinajstić information content (AvgIpc) is 3.38. The molecule has 4 heterocycles. The van der Waals surface area contributed by atoms with Gasteiger partial charge in [-0.15, -0.1) is 11.3 Å². The molecule has 0 saturated heterocycles. The zero-order chi connectivity index (χ0) is 22.8. The van der Waals surface area contributed by atoms with Crippen LogP contribution in [0, 0.1) is 0 Å². The van der Waals surface area contributed by atoms with Crippen LogP contribution in [0.15, 0.2) is 48.9 Å². The first-order chi connectivity index (χ1) is 16.1. The number of carbonyl (C=O) groups is 1. The molecule has 1 aromatic carbocycles. The molecule has 8 nitrogen and oxygen atoms in total. The minimum atomic E-state index is -0.312. The monoisotopic (exact) mass is 481 g/mol. The molecule has 1 N–H and O–H groups in total. The summed E-state index contributed by atoms with van der Waals surface area (Å²) in [5, 5.41) is 4.73. The Hall–Kier alpha value is -3.43. The number of thiophene rings is 1. The lowest BCUT2D eigenvalue weighted by Gasteiger charge is -2.15. The number of benzene rings is 1. The summed E-state index contributed by atoms with van der Waals surface area (Å²) in [5.41, 5.74) is 2.64. The molecule has 0 spiro atoms. The Morgan fingerprint density at radius 1 is 1.21 bits per heavy atom. The molecule has 1 aliphatic heterocycles. The third-order valence-corrected chi connectivity index (χ3v) is 6.60. The first kappa shape index (κ1) is 21.4. The maximum Gasteiger partial charge on any atom is 0.410 e. The molecule has 0 aliphatic carbocycles. The van der Waals surface area contributed by atoms with E-state index in [1.165, 1.54) is 6.33 Å². The summed E-state index contributed by atoms with van der Waals surface area (Å²) in [6.07, 6.45) is 2.95. The number of aromatic nitrogens is 3. The summed E-state index contributed by atoms with van der Waals surface area (Å²) in [5.74, 6) is 1.24. The number of nitrogens with zero attached hydrogens (tertiary/aromatic N) is 4. The molecule has 0 radical (unpaired) electrons. The molecule has 0 atom stereocenters. The Balaban J connectivity index is 1.35. The largest absolute Gasteiger partial charge is 0.486 e. The van der Waals surface area contributed by atoms with E-state index in [2.05, 4.69) is 20.3 Å². The van der Waals surface area contributed by atoms with Crippen LogP contribution in [-0.2, 0) is 24.4 Å². The number of pyridine rings is 1. The zero-order valence-electron chi connectivity index (χ0n) is 17.7. The molecular weight excluding hydrogens is 462 g/mol. The van der Waals surface area contributed by atoms with Crippen molar-refractivity contribution in [3.05, 3.63) is 70.1 Å². The van der Waals surface area contributed by atoms with Crippen LogP contribution in [0.5, 0.6) is 5.75 Å². The van der Waals surface area contributed by atoms with E-state index >= 15 is 0 Å². The maximum absolute atomic E-state index is 12.2. The molecule has 5 rings (SSSR count). The van der Waals surface area contributed by atoms with Crippen molar-refractivity contribution in [3.63, 3.8) is 0 Å². The van der Waals surface area contributed by atoms with Crippen molar-refractivity contribution in [1.29, 1.82) is 0 Å². The molecule has 10 heteroatoms. The summed E-state index contributed by atoms with van der Waals surface area (Å²) in [6, 6.07) is 11.2. The van der Waals surface area contributed by atoms with Crippen LogP contribution < -0.4 is 10.1 Å². The second-order valence-corrected chi connectivity index (χ2v) is 8.83. The van der Waals surface area contributed by atoms with Gasteiger partial charge in [-0.1, -0.05) is 17.7 Å². The number of anilines is 2. The van der Waals surface area contributed by atoms with Crippen LogP contribution in [0.25, 0.3) is 10.2 Å². The molecule has 0 fully saturated rings. The predicted octanol–water partition coefficient (Wildman–Crippen LogP) is 5.53. The number of carbonyl (C=O) groups excluding carboxylic acids is 1. The van der Waals surface area contributed by atoms with Gasteiger partial charge >= 0.3 is 6.09 Å². The number of fused-ring (bicyclic) bond motifs is 3. The summed E-state index contributed by atoms with van der Waals surface area (Å²) < 4.78 is 11.0. The zero-order valence-corrected chi connectivity index (χ0v) is 19.3. The standard InChI is InChI=1S/C23H20ClN5O3S/c1-2-31-23(30)29-10-16-19(11-29)33-22-20(16)21(26-13-27-22)28-14-6-7-18(17(24)9-14)32-12-15-5-3-4-8-25-15/h3-9,13H,2,10-12H2,1H3,(H,26,27,28). The Morgan fingerprint density at radius 2 is 2.12 bits per heavy atom. The molecule has 0 unspecified atom stereocenters. The molecule has 0 saturated carbocycles. The van der Waals surface area contributed by atoms with Gasteiger partial charge in [0, 0.05) is 22.3 Å². The minimum Gasteiger partial charge on any atom is -0.486 e. The van der Waals surface area contributed by atoms with Crippen molar-refractivity contribution in [2.75, 3.05) is 11.9 Å². The van der Waals surface area contributed by atoms with Gasteiger partial charge in [0.15, 0.2) is 0 Å². The summed E-state index contributed by atoms with van der Waals surface area (Å²) >= 11 is 8.03. The summed E-state index contributed by atoms with van der Waals surface area (Å²) in [6.45, 7) is 3.47. The van der Waals surface area contributed by atoms with Gasteiger partial charge in [-0.05, 0) is 37.3 Å². The highest BCUT2D eigenvalue weighted by atomic mass is 35.5. The lowest BCUT2D eigenvalue weighted by molar-refractivity contribution is 0.107. The smallest absolute Gasteiger partial charge is 0.410 e. The van der Waals surface area contributed by atoms with Crippen molar-refractivity contribution in [2.24, 2.45) is 0 Å². The molecule has 1 amide bonds. The lowest BCUT2D eigenvalue weighted by atomic mass is 10.2. The molecule has 3 aromatic heterocycles. The van der Waals surface area contributed by atoms with E-state index in [0.29, 0.717) is 42.9 Å². The van der Waals surface area contributed by atoms with Crippen LogP contribution in [0.4, 0.5) is 16.3 Å². The van der Waals surface area contributed by atoms with Gasteiger partial charge in [0.1, 0.15) is 29.3 Å². The number of hydrogen-bond acceptors (Lipinski definition) is 8. The van der Waals surface area contributed by atoms with Crippen molar-refractivity contribution >= 4 is 50.8 Å².